The minimum absolute atomic E-state index is 0.152. The highest BCUT2D eigenvalue weighted by atomic mass is 32.2. The van der Waals surface area contributed by atoms with Gasteiger partial charge in [-0.2, -0.15) is 0 Å². The van der Waals surface area contributed by atoms with E-state index in [0.717, 1.165) is 28.4 Å². The van der Waals surface area contributed by atoms with Crippen LogP contribution in [-0.4, -0.2) is 19.7 Å². The third-order valence-electron chi connectivity index (χ3n) is 4.20. The molecule has 5 nitrogen and oxygen atoms in total. The normalized spacial score (nSPS) is 11.4. The van der Waals surface area contributed by atoms with Crippen LogP contribution in [0.25, 0.3) is 21.7 Å². The molecule has 0 aliphatic heterocycles. The molecule has 4 aromatic rings. The molecule has 126 valence electrons. The van der Waals surface area contributed by atoms with E-state index in [1.807, 2.05) is 31.2 Å². The Morgan fingerprint density at radius 2 is 1.76 bits per heavy atom. The molecular weight excluding hydrogens is 332 g/mol. The van der Waals surface area contributed by atoms with Crippen molar-refractivity contribution in [3.63, 3.8) is 0 Å². The Balaban J connectivity index is 1.75. The molecule has 2 aromatic carbocycles. The number of fused-ring (bicyclic) bond motifs is 3. The first kappa shape index (κ1) is 15.9. The summed E-state index contributed by atoms with van der Waals surface area (Å²) < 4.78 is 1.69. The van der Waals surface area contributed by atoms with Gasteiger partial charge in [-0.15, -0.1) is 5.10 Å². The molecule has 0 atom stereocenters. The Morgan fingerprint density at radius 1 is 1.04 bits per heavy atom. The van der Waals surface area contributed by atoms with E-state index in [-0.39, 0.29) is 5.69 Å². The average Bonchev–Trinajstić information content (AvgIpc) is 3.00. The van der Waals surface area contributed by atoms with Crippen LogP contribution in [0.2, 0.25) is 0 Å². The summed E-state index contributed by atoms with van der Waals surface area (Å²) in [7, 11) is 0. The van der Waals surface area contributed by atoms with E-state index in [1.54, 1.807) is 16.3 Å². The second-order valence-electron chi connectivity index (χ2n) is 5.87. The fourth-order valence-electron chi connectivity index (χ4n) is 3.05. The third-order valence-corrected chi connectivity index (χ3v) is 5.18. The largest absolute Gasteiger partial charge is 0.343 e. The van der Waals surface area contributed by atoms with Crippen molar-refractivity contribution >= 4 is 33.4 Å². The average molecular weight is 350 g/mol. The second-order valence-corrected chi connectivity index (χ2v) is 6.82. The molecule has 0 aliphatic rings. The monoisotopic (exact) mass is 350 g/mol. The Labute approximate surface area is 149 Å². The number of nitrogens with zero attached hydrogens (tertiary/aromatic N) is 3. The Hall–Kier alpha value is -2.60. The summed E-state index contributed by atoms with van der Waals surface area (Å²) in [6.45, 7) is 2.72. The molecule has 1 N–H and O–H groups in total. The SMILES string of the molecule is CCCn1c(SCc2nc3ccccc3c3ccccc23)n[nH]c1=O. The lowest BCUT2D eigenvalue weighted by atomic mass is 10.0. The molecule has 0 saturated carbocycles. The number of H-pyrrole nitrogens is 1. The van der Waals surface area contributed by atoms with Crippen molar-refractivity contribution in [3.8, 4) is 0 Å². The minimum Gasteiger partial charge on any atom is -0.270 e. The lowest BCUT2D eigenvalue weighted by Gasteiger charge is -2.09. The molecule has 0 fully saturated rings. The number of nitrogens with one attached hydrogen (secondary N) is 1. The number of pyridine rings is 1. The van der Waals surface area contributed by atoms with Crippen LogP contribution < -0.4 is 5.69 Å². The van der Waals surface area contributed by atoms with Crippen molar-refractivity contribution in [2.24, 2.45) is 0 Å². The van der Waals surface area contributed by atoms with Crippen molar-refractivity contribution in [2.45, 2.75) is 30.8 Å². The highest BCUT2D eigenvalue weighted by molar-refractivity contribution is 7.98. The van der Waals surface area contributed by atoms with Crippen LogP contribution in [0.1, 0.15) is 19.0 Å². The van der Waals surface area contributed by atoms with Gasteiger partial charge in [-0.25, -0.2) is 9.89 Å². The quantitative estimate of drug-likeness (QED) is 0.437. The Kier molecular flexibility index (Phi) is 4.28. The molecule has 0 unspecified atom stereocenters. The van der Waals surface area contributed by atoms with Gasteiger partial charge >= 0.3 is 5.69 Å². The molecule has 6 heteroatoms. The maximum absolute atomic E-state index is 11.8. The van der Waals surface area contributed by atoms with Gasteiger partial charge in [-0.1, -0.05) is 61.2 Å². The van der Waals surface area contributed by atoms with E-state index >= 15 is 0 Å². The molecule has 0 radical (unpaired) electrons. The molecule has 0 amide bonds. The van der Waals surface area contributed by atoms with Crippen LogP contribution in [0, 0.1) is 0 Å². The van der Waals surface area contributed by atoms with E-state index in [4.69, 9.17) is 4.98 Å². The maximum atomic E-state index is 11.8. The number of benzene rings is 2. The predicted molar refractivity (Wildman–Crippen MR) is 102 cm³/mol. The summed E-state index contributed by atoms with van der Waals surface area (Å²) in [6.07, 6.45) is 0.893. The molecule has 2 aromatic heterocycles. The standard InChI is InChI=1S/C19H18N4OS/c1-2-11-23-18(24)21-22-19(23)25-12-17-15-9-4-3-7-13(15)14-8-5-6-10-16(14)20-17/h3-10H,2,11-12H2,1H3,(H,21,24). The van der Waals surface area contributed by atoms with Gasteiger partial charge in [0.2, 0.25) is 0 Å². The van der Waals surface area contributed by atoms with Gasteiger partial charge in [0.15, 0.2) is 5.16 Å². The van der Waals surface area contributed by atoms with Crippen molar-refractivity contribution in [1.82, 2.24) is 19.7 Å². The van der Waals surface area contributed by atoms with E-state index in [0.29, 0.717) is 17.5 Å². The third kappa shape index (κ3) is 2.93. The summed E-state index contributed by atoms with van der Waals surface area (Å²) in [5.41, 5.74) is 1.85. The predicted octanol–water partition coefficient (Wildman–Crippen LogP) is 3.98. The summed E-state index contributed by atoms with van der Waals surface area (Å²) in [5.74, 6) is 0.666. The summed E-state index contributed by atoms with van der Waals surface area (Å²) in [6, 6.07) is 16.5. The van der Waals surface area contributed by atoms with Gasteiger partial charge < -0.3 is 0 Å². The number of aromatic nitrogens is 4. The van der Waals surface area contributed by atoms with E-state index < -0.39 is 0 Å². The van der Waals surface area contributed by atoms with Crippen LogP contribution in [-0.2, 0) is 12.3 Å². The van der Waals surface area contributed by atoms with Gasteiger partial charge in [0, 0.05) is 23.1 Å². The lowest BCUT2D eigenvalue weighted by molar-refractivity contribution is 0.604. The maximum Gasteiger partial charge on any atom is 0.343 e. The highest BCUT2D eigenvalue weighted by Crippen LogP contribution is 2.29. The Morgan fingerprint density at radius 3 is 2.56 bits per heavy atom. The number of para-hydroxylation sites is 1. The zero-order valence-electron chi connectivity index (χ0n) is 13.9. The number of rotatable bonds is 5. The lowest BCUT2D eigenvalue weighted by Crippen LogP contribution is -2.17. The van der Waals surface area contributed by atoms with Crippen LogP contribution in [0.15, 0.2) is 58.5 Å². The second kappa shape index (κ2) is 6.72. The Bertz CT molecular complexity index is 1100. The number of aromatic amines is 1. The first-order valence-electron chi connectivity index (χ1n) is 8.32. The van der Waals surface area contributed by atoms with Crippen molar-refractivity contribution in [2.75, 3.05) is 0 Å². The summed E-state index contributed by atoms with van der Waals surface area (Å²) >= 11 is 1.54. The molecule has 0 saturated heterocycles. The zero-order chi connectivity index (χ0) is 17.2. The van der Waals surface area contributed by atoms with Crippen LogP contribution in [0.3, 0.4) is 0 Å². The van der Waals surface area contributed by atoms with Gasteiger partial charge in [0.1, 0.15) is 0 Å². The van der Waals surface area contributed by atoms with Gasteiger partial charge in [-0.3, -0.25) is 9.55 Å². The topological polar surface area (TPSA) is 63.6 Å². The van der Waals surface area contributed by atoms with Gasteiger partial charge in [-0.05, 0) is 17.9 Å². The fraction of sp³-hybridized carbons (Fsp3) is 0.211. The molecule has 0 spiro atoms. The van der Waals surface area contributed by atoms with Gasteiger partial charge in [0.25, 0.3) is 0 Å². The molecule has 4 rings (SSSR count). The zero-order valence-corrected chi connectivity index (χ0v) is 14.7. The first-order chi connectivity index (χ1) is 12.3. The molecule has 0 bridgehead atoms. The molecule has 25 heavy (non-hydrogen) atoms. The minimum atomic E-state index is -0.152. The number of thioether (sulfide) groups is 1. The van der Waals surface area contributed by atoms with Crippen LogP contribution in [0.4, 0.5) is 0 Å². The smallest absolute Gasteiger partial charge is 0.270 e. The van der Waals surface area contributed by atoms with Crippen LogP contribution >= 0.6 is 11.8 Å². The highest BCUT2D eigenvalue weighted by Gasteiger charge is 2.12. The van der Waals surface area contributed by atoms with Crippen molar-refractivity contribution in [3.05, 3.63) is 64.7 Å². The van der Waals surface area contributed by atoms with E-state index in [2.05, 4.69) is 34.5 Å². The van der Waals surface area contributed by atoms with E-state index in [1.165, 1.54) is 5.39 Å². The summed E-state index contributed by atoms with van der Waals surface area (Å²) in [4.78, 5) is 16.7. The summed E-state index contributed by atoms with van der Waals surface area (Å²) in [5, 5.41) is 10.9. The van der Waals surface area contributed by atoms with E-state index in [9.17, 15) is 4.79 Å². The van der Waals surface area contributed by atoms with Crippen molar-refractivity contribution < 1.29 is 0 Å². The van der Waals surface area contributed by atoms with Gasteiger partial charge in [0.05, 0.1) is 11.2 Å². The number of hydrogen-bond donors (Lipinski definition) is 1. The fourth-order valence-corrected chi connectivity index (χ4v) is 3.98. The van der Waals surface area contributed by atoms with Crippen molar-refractivity contribution in [1.29, 1.82) is 0 Å². The number of hydrogen-bond acceptors (Lipinski definition) is 4. The molecule has 0 aliphatic carbocycles. The molecule has 2 heterocycles. The van der Waals surface area contributed by atoms with Crippen LogP contribution in [0.5, 0.6) is 0 Å². The first-order valence-corrected chi connectivity index (χ1v) is 9.31. The molecular formula is C19H18N4OS.